The Hall–Kier alpha value is -1.01. The van der Waals surface area contributed by atoms with Gasteiger partial charge in [0.2, 0.25) is 0 Å². The minimum atomic E-state index is -3.08. The first-order chi connectivity index (χ1) is 9.90. The summed E-state index contributed by atoms with van der Waals surface area (Å²) >= 11 is 0. The zero-order chi connectivity index (χ0) is 15.0. The average molecular weight is 309 g/mol. The van der Waals surface area contributed by atoms with E-state index < -0.39 is 9.84 Å². The lowest BCUT2D eigenvalue weighted by molar-refractivity contribution is 0.416. The third-order valence-corrected chi connectivity index (χ3v) is 5.07. The molecule has 0 bridgehead atoms. The molecule has 1 N–H and O–H groups in total. The SMILES string of the molecule is Cc1nc(CS(C)(=O)=O)nc2c1CC(CNC1CC1)CC2. The summed E-state index contributed by atoms with van der Waals surface area (Å²) in [6.45, 7) is 3.05. The van der Waals surface area contributed by atoms with Gasteiger partial charge in [-0.05, 0) is 57.1 Å². The van der Waals surface area contributed by atoms with Crippen LogP contribution in [0.15, 0.2) is 0 Å². The number of fused-ring (bicyclic) bond motifs is 1. The van der Waals surface area contributed by atoms with E-state index in [-0.39, 0.29) is 5.75 Å². The normalized spacial score (nSPS) is 22.1. The second kappa shape index (κ2) is 5.65. The monoisotopic (exact) mass is 309 g/mol. The standard InChI is InChI=1S/C15H23N3O2S/c1-10-13-7-11(8-16-12-4-5-12)3-6-14(13)18-15(17-10)9-21(2,19)20/h11-12,16H,3-9H2,1-2H3. The van der Waals surface area contributed by atoms with Crippen LogP contribution in [-0.2, 0) is 28.4 Å². The topological polar surface area (TPSA) is 72.0 Å². The molecule has 0 amide bonds. The van der Waals surface area contributed by atoms with E-state index in [0.29, 0.717) is 11.7 Å². The summed E-state index contributed by atoms with van der Waals surface area (Å²) in [7, 11) is -3.08. The molecule has 2 aliphatic carbocycles. The molecule has 1 aromatic rings. The van der Waals surface area contributed by atoms with Crippen molar-refractivity contribution in [2.75, 3.05) is 12.8 Å². The van der Waals surface area contributed by atoms with E-state index in [1.54, 1.807) is 0 Å². The predicted octanol–water partition coefficient (Wildman–Crippen LogP) is 1.19. The molecule has 0 saturated heterocycles. The van der Waals surface area contributed by atoms with E-state index >= 15 is 0 Å². The van der Waals surface area contributed by atoms with Crippen LogP contribution in [-0.4, -0.2) is 37.2 Å². The van der Waals surface area contributed by atoms with Crippen molar-refractivity contribution < 1.29 is 8.42 Å². The van der Waals surface area contributed by atoms with Gasteiger partial charge in [-0.1, -0.05) is 0 Å². The summed E-state index contributed by atoms with van der Waals surface area (Å²) in [5.41, 5.74) is 3.25. The van der Waals surface area contributed by atoms with Gasteiger partial charge in [0, 0.05) is 23.7 Å². The number of nitrogens with one attached hydrogen (secondary N) is 1. The quantitative estimate of drug-likeness (QED) is 0.884. The van der Waals surface area contributed by atoms with Gasteiger partial charge in [0.1, 0.15) is 11.6 Å². The van der Waals surface area contributed by atoms with E-state index in [0.717, 1.165) is 43.2 Å². The van der Waals surface area contributed by atoms with E-state index in [9.17, 15) is 8.42 Å². The van der Waals surface area contributed by atoms with Crippen LogP contribution < -0.4 is 5.32 Å². The molecule has 1 fully saturated rings. The van der Waals surface area contributed by atoms with E-state index in [1.165, 1.54) is 24.7 Å². The molecular formula is C15H23N3O2S. The Kier molecular flexibility index (Phi) is 4.01. The fraction of sp³-hybridized carbons (Fsp3) is 0.733. The van der Waals surface area contributed by atoms with Crippen molar-refractivity contribution in [3.05, 3.63) is 22.8 Å². The van der Waals surface area contributed by atoms with Gasteiger partial charge < -0.3 is 5.32 Å². The Morgan fingerprint density at radius 3 is 2.67 bits per heavy atom. The zero-order valence-corrected chi connectivity index (χ0v) is 13.5. The van der Waals surface area contributed by atoms with Crippen LogP contribution in [0, 0.1) is 12.8 Å². The molecule has 1 saturated carbocycles. The number of aromatic nitrogens is 2. The first-order valence-electron chi connectivity index (χ1n) is 7.67. The highest BCUT2D eigenvalue weighted by atomic mass is 32.2. The fourth-order valence-electron chi connectivity index (χ4n) is 3.02. The van der Waals surface area contributed by atoms with Crippen molar-refractivity contribution in [1.82, 2.24) is 15.3 Å². The largest absolute Gasteiger partial charge is 0.314 e. The van der Waals surface area contributed by atoms with Crippen LogP contribution in [0.1, 0.15) is 42.0 Å². The first kappa shape index (κ1) is 14.9. The van der Waals surface area contributed by atoms with Gasteiger partial charge in [0.05, 0.1) is 0 Å². The molecule has 1 heterocycles. The predicted molar refractivity (Wildman–Crippen MR) is 81.9 cm³/mol. The second-order valence-electron chi connectivity index (χ2n) is 6.51. The average Bonchev–Trinajstić information content (AvgIpc) is 3.18. The number of aryl methyl sites for hydroxylation is 2. The Morgan fingerprint density at radius 2 is 2.00 bits per heavy atom. The summed E-state index contributed by atoms with van der Waals surface area (Å²) in [5.74, 6) is 1.04. The lowest BCUT2D eigenvalue weighted by Gasteiger charge is -2.25. The highest BCUT2D eigenvalue weighted by Gasteiger charge is 2.26. The molecule has 0 aromatic carbocycles. The van der Waals surface area contributed by atoms with Crippen molar-refractivity contribution in [3.63, 3.8) is 0 Å². The third kappa shape index (κ3) is 4.01. The molecule has 1 unspecified atom stereocenters. The Morgan fingerprint density at radius 1 is 1.24 bits per heavy atom. The molecule has 0 radical (unpaired) electrons. The highest BCUT2D eigenvalue weighted by Crippen LogP contribution is 2.27. The van der Waals surface area contributed by atoms with Crippen LogP contribution >= 0.6 is 0 Å². The highest BCUT2D eigenvalue weighted by molar-refractivity contribution is 7.89. The number of hydrogen-bond acceptors (Lipinski definition) is 5. The molecule has 2 aliphatic rings. The number of nitrogens with zero attached hydrogens (tertiary/aromatic N) is 2. The van der Waals surface area contributed by atoms with Crippen molar-refractivity contribution in [2.24, 2.45) is 5.92 Å². The minimum Gasteiger partial charge on any atom is -0.314 e. The van der Waals surface area contributed by atoms with Gasteiger partial charge in [0.25, 0.3) is 0 Å². The smallest absolute Gasteiger partial charge is 0.154 e. The number of sulfone groups is 1. The second-order valence-corrected chi connectivity index (χ2v) is 8.65. The summed E-state index contributed by atoms with van der Waals surface area (Å²) in [4.78, 5) is 8.89. The molecule has 6 heteroatoms. The summed E-state index contributed by atoms with van der Waals surface area (Å²) in [6.07, 6.45) is 6.94. The van der Waals surface area contributed by atoms with Crippen LogP contribution in [0.3, 0.4) is 0 Å². The fourth-order valence-corrected chi connectivity index (χ4v) is 3.61. The van der Waals surface area contributed by atoms with Gasteiger partial charge in [-0.2, -0.15) is 0 Å². The van der Waals surface area contributed by atoms with Crippen molar-refractivity contribution in [2.45, 2.75) is 50.8 Å². The maximum Gasteiger partial charge on any atom is 0.154 e. The molecule has 5 nitrogen and oxygen atoms in total. The van der Waals surface area contributed by atoms with Crippen molar-refractivity contribution in [1.29, 1.82) is 0 Å². The molecule has 21 heavy (non-hydrogen) atoms. The van der Waals surface area contributed by atoms with Gasteiger partial charge in [0.15, 0.2) is 9.84 Å². The van der Waals surface area contributed by atoms with Crippen molar-refractivity contribution in [3.8, 4) is 0 Å². The number of rotatable bonds is 5. The Balaban J connectivity index is 1.73. The van der Waals surface area contributed by atoms with Crippen LogP contribution in [0.4, 0.5) is 0 Å². The molecular weight excluding hydrogens is 286 g/mol. The summed E-state index contributed by atoms with van der Waals surface area (Å²) in [5, 5.41) is 3.60. The third-order valence-electron chi connectivity index (χ3n) is 4.29. The van der Waals surface area contributed by atoms with Gasteiger partial charge in [-0.25, -0.2) is 18.4 Å². The van der Waals surface area contributed by atoms with Gasteiger partial charge in [-0.3, -0.25) is 0 Å². The Labute approximate surface area is 126 Å². The zero-order valence-electron chi connectivity index (χ0n) is 12.7. The maximum atomic E-state index is 11.4. The Bertz CT molecular complexity index is 639. The van der Waals surface area contributed by atoms with E-state index in [4.69, 9.17) is 0 Å². The first-order valence-corrected chi connectivity index (χ1v) is 9.73. The number of hydrogen-bond donors (Lipinski definition) is 1. The van der Waals surface area contributed by atoms with E-state index in [1.807, 2.05) is 6.92 Å². The molecule has 0 aliphatic heterocycles. The summed E-state index contributed by atoms with van der Waals surface area (Å²) in [6, 6.07) is 0.751. The van der Waals surface area contributed by atoms with Crippen molar-refractivity contribution >= 4 is 9.84 Å². The molecule has 1 aromatic heterocycles. The molecule has 3 rings (SSSR count). The van der Waals surface area contributed by atoms with Crippen LogP contribution in [0.2, 0.25) is 0 Å². The summed E-state index contributed by atoms with van der Waals surface area (Å²) < 4.78 is 22.8. The van der Waals surface area contributed by atoms with Crippen LogP contribution in [0.5, 0.6) is 0 Å². The lowest BCUT2D eigenvalue weighted by Crippen LogP contribution is -2.30. The van der Waals surface area contributed by atoms with Gasteiger partial charge >= 0.3 is 0 Å². The maximum absolute atomic E-state index is 11.4. The van der Waals surface area contributed by atoms with Crippen LogP contribution in [0.25, 0.3) is 0 Å². The van der Waals surface area contributed by atoms with E-state index in [2.05, 4.69) is 15.3 Å². The molecule has 0 spiro atoms. The minimum absolute atomic E-state index is 0.0617. The lowest BCUT2D eigenvalue weighted by atomic mass is 9.85. The molecule has 116 valence electrons. The van der Waals surface area contributed by atoms with Gasteiger partial charge in [-0.15, -0.1) is 0 Å². The molecule has 1 atom stereocenters.